The van der Waals surface area contributed by atoms with Crippen molar-refractivity contribution in [3.63, 3.8) is 0 Å². The summed E-state index contributed by atoms with van der Waals surface area (Å²) < 4.78 is 65.8. The lowest BCUT2D eigenvalue weighted by Crippen LogP contribution is -2.14. The van der Waals surface area contributed by atoms with E-state index in [0.29, 0.717) is 17.1 Å². The maximum atomic E-state index is 13.9. The van der Waals surface area contributed by atoms with E-state index in [2.05, 4.69) is 4.72 Å². The van der Waals surface area contributed by atoms with Crippen LogP contribution in [0.4, 0.5) is 14.5 Å². The first-order valence-corrected chi connectivity index (χ1v) is 9.63. The van der Waals surface area contributed by atoms with Crippen LogP contribution in [-0.2, 0) is 10.0 Å². The number of nitrogens with one attached hydrogen (secondary N) is 1. The zero-order valence-electron chi connectivity index (χ0n) is 15.1. The standard InChI is InChI=1S/C20H17F2NO4S/c1-26-19-9-8-13(10-20(19)27-2)15-11-16(21)17(22)12-18(15)23-28(24,25)14-6-4-3-5-7-14/h3-12,23H,1-2H3. The van der Waals surface area contributed by atoms with E-state index in [1.165, 1.54) is 26.4 Å². The molecule has 3 aromatic carbocycles. The van der Waals surface area contributed by atoms with Gasteiger partial charge in [0.05, 0.1) is 24.8 Å². The van der Waals surface area contributed by atoms with Gasteiger partial charge in [-0.2, -0.15) is 0 Å². The summed E-state index contributed by atoms with van der Waals surface area (Å²) in [4.78, 5) is -0.00186. The second-order valence-electron chi connectivity index (χ2n) is 5.80. The highest BCUT2D eigenvalue weighted by molar-refractivity contribution is 7.92. The molecule has 146 valence electrons. The van der Waals surface area contributed by atoms with Crippen LogP contribution in [0, 0.1) is 11.6 Å². The normalized spacial score (nSPS) is 11.1. The number of hydrogen-bond acceptors (Lipinski definition) is 4. The molecule has 0 radical (unpaired) electrons. The molecule has 8 heteroatoms. The Hall–Kier alpha value is -3.13. The predicted octanol–water partition coefficient (Wildman–Crippen LogP) is 4.45. The smallest absolute Gasteiger partial charge is 0.261 e. The molecule has 5 nitrogen and oxygen atoms in total. The average Bonchev–Trinajstić information content (AvgIpc) is 2.70. The molecule has 0 bridgehead atoms. The molecule has 0 saturated carbocycles. The van der Waals surface area contributed by atoms with Crippen molar-refractivity contribution in [2.24, 2.45) is 0 Å². The lowest BCUT2D eigenvalue weighted by molar-refractivity contribution is 0.355. The molecule has 0 amide bonds. The molecule has 0 unspecified atom stereocenters. The van der Waals surface area contributed by atoms with Crippen LogP contribution in [0.2, 0.25) is 0 Å². The summed E-state index contributed by atoms with van der Waals surface area (Å²) >= 11 is 0. The van der Waals surface area contributed by atoms with E-state index in [0.717, 1.165) is 12.1 Å². The van der Waals surface area contributed by atoms with Gasteiger partial charge in [-0.15, -0.1) is 0 Å². The third-order valence-electron chi connectivity index (χ3n) is 4.05. The number of halogens is 2. The lowest BCUT2D eigenvalue weighted by atomic mass is 10.0. The van der Waals surface area contributed by atoms with Crippen LogP contribution in [0.25, 0.3) is 11.1 Å². The summed E-state index contributed by atoms with van der Waals surface area (Å²) in [6.45, 7) is 0. The fourth-order valence-corrected chi connectivity index (χ4v) is 3.77. The fourth-order valence-electron chi connectivity index (χ4n) is 2.68. The number of rotatable bonds is 6. The van der Waals surface area contributed by atoms with Crippen molar-refractivity contribution in [3.8, 4) is 22.6 Å². The van der Waals surface area contributed by atoms with Gasteiger partial charge in [-0.1, -0.05) is 24.3 Å². The van der Waals surface area contributed by atoms with Gasteiger partial charge in [-0.05, 0) is 35.9 Å². The van der Waals surface area contributed by atoms with Crippen LogP contribution in [-0.4, -0.2) is 22.6 Å². The number of sulfonamides is 1. The van der Waals surface area contributed by atoms with Crippen LogP contribution < -0.4 is 14.2 Å². The topological polar surface area (TPSA) is 64.6 Å². The summed E-state index contributed by atoms with van der Waals surface area (Å²) in [5, 5.41) is 0. The van der Waals surface area contributed by atoms with Crippen LogP contribution >= 0.6 is 0 Å². The van der Waals surface area contributed by atoms with E-state index >= 15 is 0 Å². The van der Waals surface area contributed by atoms with Gasteiger partial charge in [0, 0.05) is 11.6 Å². The third kappa shape index (κ3) is 3.91. The minimum absolute atomic E-state index is 0.00186. The van der Waals surface area contributed by atoms with Gasteiger partial charge in [-0.25, -0.2) is 17.2 Å². The molecule has 0 heterocycles. The molecule has 0 aliphatic heterocycles. The van der Waals surface area contributed by atoms with E-state index in [-0.39, 0.29) is 16.1 Å². The zero-order valence-corrected chi connectivity index (χ0v) is 15.9. The maximum absolute atomic E-state index is 13.9. The van der Waals surface area contributed by atoms with Gasteiger partial charge in [0.1, 0.15) is 0 Å². The molecule has 28 heavy (non-hydrogen) atoms. The molecule has 0 aromatic heterocycles. The molecule has 0 spiro atoms. The Balaban J connectivity index is 2.12. The summed E-state index contributed by atoms with van der Waals surface area (Å²) in [7, 11) is -1.09. The second-order valence-corrected chi connectivity index (χ2v) is 7.48. The Morgan fingerprint density at radius 3 is 2.11 bits per heavy atom. The summed E-state index contributed by atoms with van der Waals surface area (Å²) in [5.41, 5.74) is 0.469. The Morgan fingerprint density at radius 2 is 1.46 bits per heavy atom. The number of hydrogen-bond donors (Lipinski definition) is 1. The second kappa shape index (κ2) is 7.85. The van der Waals surface area contributed by atoms with E-state index in [4.69, 9.17) is 9.47 Å². The third-order valence-corrected chi connectivity index (χ3v) is 5.43. The van der Waals surface area contributed by atoms with Crippen molar-refractivity contribution < 1.29 is 26.7 Å². The first-order chi connectivity index (χ1) is 13.4. The van der Waals surface area contributed by atoms with Crippen LogP contribution in [0.1, 0.15) is 0 Å². The minimum Gasteiger partial charge on any atom is -0.493 e. The molecule has 0 aliphatic carbocycles. The number of ether oxygens (including phenoxy) is 2. The lowest BCUT2D eigenvalue weighted by Gasteiger charge is -2.15. The van der Waals surface area contributed by atoms with Crippen molar-refractivity contribution >= 4 is 15.7 Å². The first-order valence-electron chi connectivity index (χ1n) is 8.15. The molecular weight excluding hydrogens is 388 g/mol. The Labute approximate surface area is 161 Å². The predicted molar refractivity (Wildman–Crippen MR) is 102 cm³/mol. The Bertz CT molecular complexity index is 1100. The monoisotopic (exact) mass is 405 g/mol. The van der Waals surface area contributed by atoms with Gasteiger partial charge in [0.25, 0.3) is 10.0 Å². The van der Waals surface area contributed by atoms with E-state index < -0.39 is 21.7 Å². The van der Waals surface area contributed by atoms with Crippen LogP contribution in [0.15, 0.2) is 65.6 Å². The van der Waals surface area contributed by atoms with Crippen molar-refractivity contribution in [1.82, 2.24) is 0 Å². The quantitative estimate of drug-likeness (QED) is 0.658. The Kier molecular flexibility index (Phi) is 5.51. The molecule has 0 fully saturated rings. The first kappa shape index (κ1) is 19.6. The number of methoxy groups -OCH3 is 2. The number of anilines is 1. The van der Waals surface area contributed by atoms with Crippen molar-refractivity contribution in [2.45, 2.75) is 4.90 Å². The molecule has 1 N–H and O–H groups in total. The number of benzene rings is 3. The van der Waals surface area contributed by atoms with E-state index in [1.54, 1.807) is 36.4 Å². The molecule has 0 atom stereocenters. The van der Waals surface area contributed by atoms with E-state index in [1.807, 2.05) is 0 Å². The van der Waals surface area contributed by atoms with Crippen molar-refractivity contribution in [3.05, 3.63) is 72.3 Å². The van der Waals surface area contributed by atoms with Crippen molar-refractivity contribution in [2.75, 3.05) is 18.9 Å². The molecule has 3 aromatic rings. The molecule has 0 aliphatic rings. The SMILES string of the molecule is COc1ccc(-c2cc(F)c(F)cc2NS(=O)(=O)c2ccccc2)cc1OC. The summed E-state index contributed by atoms with van der Waals surface area (Å²) in [6, 6.07) is 14.1. The molecule has 0 saturated heterocycles. The average molecular weight is 405 g/mol. The Morgan fingerprint density at radius 1 is 0.821 bits per heavy atom. The van der Waals surface area contributed by atoms with Crippen molar-refractivity contribution in [1.29, 1.82) is 0 Å². The van der Waals surface area contributed by atoms with Gasteiger partial charge in [0.2, 0.25) is 0 Å². The van der Waals surface area contributed by atoms with E-state index in [9.17, 15) is 17.2 Å². The molecular formula is C20H17F2NO4S. The minimum atomic E-state index is -4.00. The summed E-state index contributed by atoms with van der Waals surface area (Å²) in [6.07, 6.45) is 0. The highest BCUT2D eigenvalue weighted by atomic mass is 32.2. The van der Waals surface area contributed by atoms with Crippen LogP contribution in [0.3, 0.4) is 0 Å². The van der Waals surface area contributed by atoms with Gasteiger partial charge in [-0.3, -0.25) is 4.72 Å². The zero-order chi connectivity index (χ0) is 20.3. The van der Waals surface area contributed by atoms with Gasteiger partial charge < -0.3 is 9.47 Å². The fraction of sp³-hybridized carbons (Fsp3) is 0.100. The maximum Gasteiger partial charge on any atom is 0.261 e. The highest BCUT2D eigenvalue weighted by Gasteiger charge is 2.19. The molecule has 3 rings (SSSR count). The van der Waals surface area contributed by atoms with Gasteiger partial charge >= 0.3 is 0 Å². The van der Waals surface area contributed by atoms with Gasteiger partial charge in [0.15, 0.2) is 23.1 Å². The highest BCUT2D eigenvalue weighted by Crippen LogP contribution is 2.37. The largest absolute Gasteiger partial charge is 0.493 e. The summed E-state index contributed by atoms with van der Waals surface area (Å²) in [5.74, 6) is -1.47. The van der Waals surface area contributed by atoms with Crippen LogP contribution in [0.5, 0.6) is 11.5 Å².